The van der Waals surface area contributed by atoms with Crippen molar-refractivity contribution in [3.05, 3.63) is 145 Å². The molecule has 0 amide bonds. The quantitative estimate of drug-likeness (QED) is 0.233. The van der Waals surface area contributed by atoms with Crippen LogP contribution in [0.4, 0.5) is 0 Å². The van der Waals surface area contributed by atoms with Gasteiger partial charge in [0.1, 0.15) is 5.82 Å². The van der Waals surface area contributed by atoms with Crippen LogP contribution in [0.2, 0.25) is 0 Å². The predicted octanol–water partition coefficient (Wildman–Crippen LogP) is 8.32. The highest BCUT2D eigenvalue weighted by molar-refractivity contribution is 6.07. The summed E-state index contributed by atoms with van der Waals surface area (Å²) in [6.45, 7) is 0.745. The van der Waals surface area contributed by atoms with E-state index in [4.69, 9.17) is 15.0 Å². The van der Waals surface area contributed by atoms with Gasteiger partial charge in [-0.3, -0.25) is 9.55 Å². The molecule has 0 spiro atoms. The van der Waals surface area contributed by atoms with Gasteiger partial charge in [0, 0.05) is 28.1 Å². The molecule has 1 N–H and O–H groups in total. The Kier molecular flexibility index (Phi) is 5.46. The zero-order valence-corrected chi connectivity index (χ0v) is 23.7. The molecule has 0 atom stereocenters. The molecule has 8 aromatic rings. The second kappa shape index (κ2) is 9.78. The van der Waals surface area contributed by atoms with Gasteiger partial charge >= 0.3 is 0 Å². The lowest BCUT2D eigenvalue weighted by Gasteiger charge is -2.15. The highest BCUT2D eigenvalue weighted by Gasteiger charge is 2.20. The Balaban J connectivity index is 1.19. The van der Waals surface area contributed by atoms with E-state index in [1.54, 1.807) is 0 Å². The average Bonchev–Trinajstić information content (AvgIpc) is 3.62. The maximum Gasteiger partial charge on any atom is 0.138 e. The predicted molar refractivity (Wildman–Crippen MR) is 178 cm³/mol. The number of benzene rings is 3. The first-order valence-electron chi connectivity index (χ1n) is 14.8. The highest BCUT2D eigenvalue weighted by atomic mass is 15.1. The lowest BCUT2D eigenvalue weighted by molar-refractivity contribution is 0.795. The van der Waals surface area contributed by atoms with Crippen LogP contribution >= 0.6 is 0 Å². The van der Waals surface area contributed by atoms with Crippen LogP contribution in [0.5, 0.6) is 0 Å². The van der Waals surface area contributed by atoms with Crippen molar-refractivity contribution in [2.24, 2.45) is 0 Å². The minimum atomic E-state index is 0.745. The summed E-state index contributed by atoms with van der Waals surface area (Å²) < 4.78 is 4.56. The third kappa shape index (κ3) is 3.71. The zero-order valence-electron chi connectivity index (χ0n) is 23.7. The summed E-state index contributed by atoms with van der Waals surface area (Å²) in [5.41, 5.74) is 11.4. The van der Waals surface area contributed by atoms with Crippen LogP contribution in [0, 0.1) is 0 Å². The van der Waals surface area contributed by atoms with Crippen molar-refractivity contribution >= 4 is 38.9 Å². The van der Waals surface area contributed by atoms with Crippen LogP contribution < -0.4 is 5.32 Å². The topological polar surface area (TPSA) is 60.6 Å². The molecule has 0 saturated heterocycles. The molecule has 208 valence electrons. The van der Waals surface area contributed by atoms with E-state index in [0.29, 0.717) is 0 Å². The van der Waals surface area contributed by atoms with E-state index in [0.717, 1.165) is 68.1 Å². The molecule has 0 saturated carbocycles. The first-order chi connectivity index (χ1) is 21.8. The molecule has 1 aliphatic rings. The number of hydrogen-bond donors (Lipinski definition) is 1. The van der Waals surface area contributed by atoms with Crippen LogP contribution in [0.15, 0.2) is 134 Å². The van der Waals surface area contributed by atoms with Crippen molar-refractivity contribution in [2.75, 3.05) is 0 Å². The van der Waals surface area contributed by atoms with Crippen molar-refractivity contribution in [1.82, 2.24) is 29.4 Å². The van der Waals surface area contributed by atoms with Gasteiger partial charge in [-0.25, -0.2) is 9.97 Å². The number of nitrogens with one attached hydrogen (secondary N) is 1. The number of pyridine rings is 3. The Morgan fingerprint density at radius 2 is 1.27 bits per heavy atom. The standard InChI is InChI=1S/C38H26N6/c1-4-16-32-25(10-1)26-21-23-39-24-36(26)44(32)37-20-8-15-31(42-37)30-14-7-13-29(41-30)27-11-2-5-17-33(27)43-34-18-6-3-12-28(34)38-35(43)19-9-22-40-38/h1-23,39H,24H2. The number of nitrogens with zero attached hydrogens (tertiary/aromatic N) is 5. The summed E-state index contributed by atoms with van der Waals surface area (Å²) in [6, 6.07) is 41.9. The summed E-state index contributed by atoms with van der Waals surface area (Å²) in [5, 5.41) is 5.73. The van der Waals surface area contributed by atoms with Crippen molar-refractivity contribution < 1.29 is 0 Å². The molecule has 0 aliphatic carbocycles. The monoisotopic (exact) mass is 566 g/mol. The molecule has 0 fully saturated rings. The lowest BCUT2D eigenvalue weighted by Crippen LogP contribution is -2.14. The molecule has 6 heterocycles. The van der Waals surface area contributed by atoms with E-state index in [-0.39, 0.29) is 0 Å². The summed E-state index contributed by atoms with van der Waals surface area (Å²) >= 11 is 0. The Morgan fingerprint density at radius 3 is 2.18 bits per heavy atom. The summed E-state index contributed by atoms with van der Waals surface area (Å²) in [7, 11) is 0. The minimum absolute atomic E-state index is 0.745. The SMILES string of the molecule is C1=Cc2c(n(-c3cccc(-c4cccc(-c5ccccc5-n5c6ccccc6c6ncccc65)n4)n3)c3ccccc23)CN1. The van der Waals surface area contributed by atoms with Crippen molar-refractivity contribution in [1.29, 1.82) is 0 Å². The molecule has 0 radical (unpaired) electrons. The molecule has 0 unspecified atom stereocenters. The number of hydrogen-bond acceptors (Lipinski definition) is 4. The van der Waals surface area contributed by atoms with Crippen LogP contribution in [-0.4, -0.2) is 24.1 Å². The Labute approximate surface area is 253 Å². The van der Waals surface area contributed by atoms with Gasteiger partial charge in [0.25, 0.3) is 0 Å². The molecule has 44 heavy (non-hydrogen) atoms. The van der Waals surface area contributed by atoms with Gasteiger partial charge in [-0.05, 0) is 66.9 Å². The van der Waals surface area contributed by atoms with Gasteiger partial charge in [-0.15, -0.1) is 0 Å². The van der Waals surface area contributed by atoms with E-state index < -0.39 is 0 Å². The maximum absolute atomic E-state index is 5.19. The number of rotatable bonds is 4. The fourth-order valence-electron chi connectivity index (χ4n) is 6.58. The van der Waals surface area contributed by atoms with Gasteiger partial charge in [0.2, 0.25) is 0 Å². The van der Waals surface area contributed by atoms with Gasteiger partial charge in [0.15, 0.2) is 0 Å². The van der Waals surface area contributed by atoms with Gasteiger partial charge in [-0.2, -0.15) is 0 Å². The third-order valence-electron chi connectivity index (χ3n) is 8.48. The van der Waals surface area contributed by atoms with E-state index in [9.17, 15) is 0 Å². The first-order valence-corrected chi connectivity index (χ1v) is 14.8. The molecule has 6 heteroatoms. The normalized spacial score (nSPS) is 12.5. The van der Waals surface area contributed by atoms with Crippen molar-refractivity contribution in [2.45, 2.75) is 6.54 Å². The molecule has 6 nitrogen and oxygen atoms in total. The largest absolute Gasteiger partial charge is 0.385 e. The third-order valence-corrected chi connectivity index (χ3v) is 8.48. The second-order valence-corrected chi connectivity index (χ2v) is 11.0. The molecule has 3 aromatic carbocycles. The van der Waals surface area contributed by atoms with Crippen LogP contribution in [0.1, 0.15) is 11.3 Å². The number of para-hydroxylation sites is 3. The molecule has 1 aliphatic heterocycles. The van der Waals surface area contributed by atoms with E-state index >= 15 is 0 Å². The van der Waals surface area contributed by atoms with Crippen LogP contribution in [-0.2, 0) is 6.54 Å². The molecular formula is C38H26N6. The van der Waals surface area contributed by atoms with Crippen molar-refractivity contribution in [3.8, 4) is 34.2 Å². The zero-order chi connectivity index (χ0) is 29.0. The molecular weight excluding hydrogens is 540 g/mol. The van der Waals surface area contributed by atoms with Crippen molar-refractivity contribution in [3.63, 3.8) is 0 Å². The summed E-state index contributed by atoms with van der Waals surface area (Å²) in [6.07, 6.45) is 6.03. The fourth-order valence-corrected chi connectivity index (χ4v) is 6.58. The molecule has 9 rings (SSSR count). The highest BCUT2D eigenvalue weighted by Crippen LogP contribution is 2.36. The van der Waals surface area contributed by atoms with Crippen LogP contribution in [0.25, 0.3) is 73.1 Å². The maximum atomic E-state index is 5.19. The Morgan fingerprint density at radius 1 is 0.568 bits per heavy atom. The first kappa shape index (κ1) is 24.6. The number of aromatic nitrogens is 5. The summed E-state index contributed by atoms with van der Waals surface area (Å²) in [4.78, 5) is 15.1. The fraction of sp³-hybridized carbons (Fsp3) is 0.0263. The second-order valence-electron chi connectivity index (χ2n) is 11.0. The average molecular weight is 567 g/mol. The Hall–Kier alpha value is -6.01. The molecule has 0 bridgehead atoms. The van der Waals surface area contributed by atoms with Gasteiger partial charge < -0.3 is 9.88 Å². The van der Waals surface area contributed by atoms with Gasteiger partial charge in [0.05, 0.1) is 57.1 Å². The van der Waals surface area contributed by atoms with Gasteiger partial charge in [-0.1, -0.05) is 66.7 Å². The summed E-state index contributed by atoms with van der Waals surface area (Å²) in [5.74, 6) is 0.877. The van der Waals surface area contributed by atoms with E-state index in [1.807, 2.05) is 30.6 Å². The molecule has 5 aromatic heterocycles. The van der Waals surface area contributed by atoms with E-state index in [2.05, 4.69) is 124 Å². The van der Waals surface area contributed by atoms with Crippen LogP contribution in [0.3, 0.4) is 0 Å². The minimum Gasteiger partial charge on any atom is -0.385 e. The Bertz CT molecular complexity index is 2360. The van der Waals surface area contributed by atoms with E-state index in [1.165, 1.54) is 16.6 Å². The number of fused-ring (bicyclic) bond motifs is 6. The lowest BCUT2D eigenvalue weighted by atomic mass is 10.1. The smallest absolute Gasteiger partial charge is 0.138 e.